The van der Waals surface area contributed by atoms with Gasteiger partial charge in [0, 0.05) is 13.1 Å². The number of aromatic nitrogens is 1. The molecule has 0 aromatic carbocycles. The van der Waals surface area contributed by atoms with Crippen LogP contribution in [0.25, 0.3) is 0 Å². The first kappa shape index (κ1) is 7.61. The van der Waals surface area contributed by atoms with E-state index < -0.39 is 0 Å². The summed E-state index contributed by atoms with van der Waals surface area (Å²) in [6.07, 6.45) is 1.74. The summed E-state index contributed by atoms with van der Waals surface area (Å²) in [7, 11) is 0. The smallest absolute Gasteiger partial charge is 0.297 e. The zero-order valence-corrected chi connectivity index (χ0v) is 7.12. The van der Waals surface area contributed by atoms with Gasteiger partial charge in [0.05, 0.1) is 19.4 Å². The van der Waals surface area contributed by atoms with Crippen LogP contribution in [0.2, 0.25) is 0 Å². The molecule has 4 nitrogen and oxygen atoms in total. The van der Waals surface area contributed by atoms with Crippen molar-refractivity contribution in [3.63, 3.8) is 0 Å². The number of hydrogen-bond acceptors (Lipinski definition) is 4. The van der Waals surface area contributed by atoms with Gasteiger partial charge in [0.2, 0.25) is 0 Å². The van der Waals surface area contributed by atoms with Crippen molar-refractivity contribution >= 4 is 6.01 Å². The van der Waals surface area contributed by atoms with Crippen LogP contribution < -0.4 is 4.90 Å². The summed E-state index contributed by atoms with van der Waals surface area (Å²) in [6.45, 7) is 5.18. The van der Waals surface area contributed by atoms with Crippen molar-refractivity contribution in [2.75, 3.05) is 31.2 Å². The van der Waals surface area contributed by atoms with Crippen molar-refractivity contribution in [3.8, 4) is 0 Å². The van der Waals surface area contributed by atoms with E-state index in [0.717, 1.165) is 38.1 Å². The molecule has 1 fully saturated rings. The Hall–Kier alpha value is -1.03. The van der Waals surface area contributed by atoms with Crippen molar-refractivity contribution in [1.29, 1.82) is 0 Å². The summed E-state index contributed by atoms with van der Waals surface area (Å²) in [6, 6.07) is 0.718. The predicted molar refractivity (Wildman–Crippen MR) is 44.3 cm³/mol. The van der Waals surface area contributed by atoms with E-state index in [0.29, 0.717) is 0 Å². The van der Waals surface area contributed by atoms with Crippen molar-refractivity contribution in [2.45, 2.75) is 6.92 Å². The number of anilines is 1. The lowest BCUT2D eigenvalue weighted by molar-refractivity contribution is 0.120. The molecule has 0 spiro atoms. The first-order valence-electron chi connectivity index (χ1n) is 4.11. The molecule has 2 heterocycles. The Morgan fingerprint density at radius 1 is 1.42 bits per heavy atom. The van der Waals surface area contributed by atoms with Crippen LogP contribution in [0.5, 0.6) is 0 Å². The lowest BCUT2D eigenvalue weighted by Gasteiger charge is -2.24. The Morgan fingerprint density at radius 2 is 2.17 bits per heavy atom. The minimum absolute atomic E-state index is 0.718. The normalized spacial score (nSPS) is 18.2. The highest BCUT2D eigenvalue weighted by Crippen LogP contribution is 2.14. The Kier molecular flexibility index (Phi) is 1.99. The standard InChI is InChI=1S/C8H12N2O2/c1-7-6-9-8(12-7)10-2-4-11-5-3-10/h6H,2-5H2,1H3. The number of rotatable bonds is 1. The molecular weight excluding hydrogens is 156 g/mol. The van der Waals surface area contributed by atoms with Gasteiger partial charge in [-0.15, -0.1) is 0 Å². The fraction of sp³-hybridized carbons (Fsp3) is 0.625. The topological polar surface area (TPSA) is 38.5 Å². The molecule has 1 aromatic heterocycles. The van der Waals surface area contributed by atoms with Crippen LogP contribution in [0.15, 0.2) is 10.6 Å². The molecule has 0 aliphatic carbocycles. The van der Waals surface area contributed by atoms with Crippen molar-refractivity contribution in [1.82, 2.24) is 4.98 Å². The van der Waals surface area contributed by atoms with Crippen molar-refractivity contribution in [3.05, 3.63) is 12.0 Å². The largest absolute Gasteiger partial charge is 0.429 e. The zero-order chi connectivity index (χ0) is 8.39. The number of ether oxygens (including phenoxy) is 1. The zero-order valence-electron chi connectivity index (χ0n) is 7.12. The molecule has 1 aliphatic heterocycles. The molecule has 0 saturated carbocycles. The molecule has 1 aliphatic rings. The van der Waals surface area contributed by atoms with Gasteiger partial charge in [0.15, 0.2) is 0 Å². The van der Waals surface area contributed by atoms with Gasteiger partial charge in [-0.3, -0.25) is 0 Å². The number of aryl methyl sites for hydroxylation is 1. The molecule has 4 heteroatoms. The highest BCUT2D eigenvalue weighted by molar-refractivity contribution is 5.26. The van der Waals surface area contributed by atoms with E-state index in [4.69, 9.17) is 9.15 Å². The van der Waals surface area contributed by atoms with E-state index in [2.05, 4.69) is 9.88 Å². The second kappa shape index (κ2) is 3.15. The molecular formula is C8H12N2O2. The molecule has 0 atom stereocenters. The quantitative estimate of drug-likeness (QED) is 0.622. The molecule has 1 aromatic rings. The number of oxazole rings is 1. The fourth-order valence-electron chi connectivity index (χ4n) is 1.24. The van der Waals surface area contributed by atoms with Crippen LogP contribution in [0.4, 0.5) is 6.01 Å². The summed E-state index contributed by atoms with van der Waals surface area (Å²) in [4.78, 5) is 6.24. The van der Waals surface area contributed by atoms with E-state index in [-0.39, 0.29) is 0 Å². The first-order chi connectivity index (χ1) is 5.86. The van der Waals surface area contributed by atoms with Gasteiger partial charge in [-0.1, -0.05) is 0 Å². The molecule has 0 unspecified atom stereocenters. The van der Waals surface area contributed by atoms with E-state index in [1.807, 2.05) is 6.92 Å². The predicted octanol–water partition coefficient (Wildman–Crippen LogP) is 0.820. The summed E-state index contributed by atoms with van der Waals surface area (Å²) in [5, 5.41) is 0. The summed E-state index contributed by atoms with van der Waals surface area (Å²) in [5.41, 5.74) is 0. The Bertz CT molecular complexity index is 253. The molecule has 66 valence electrons. The second-order valence-corrected chi connectivity index (χ2v) is 2.85. The maximum absolute atomic E-state index is 5.38. The molecule has 0 amide bonds. The Morgan fingerprint density at radius 3 is 2.75 bits per heavy atom. The molecule has 1 saturated heterocycles. The van der Waals surface area contributed by atoms with Gasteiger partial charge in [0.1, 0.15) is 5.76 Å². The van der Waals surface area contributed by atoms with Crippen LogP contribution in [0.1, 0.15) is 5.76 Å². The lowest BCUT2D eigenvalue weighted by Crippen LogP contribution is -2.36. The average molecular weight is 168 g/mol. The monoisotopic (exact) mass is 168 g/mol. The van der Waals surface area contributed by atoms with Gasteiger partial charge in [0.25, 0.3) is 6.01 Å². The SMILES string of the molecule is Cc1cnc(N2CCOCC2)o1. The molecule has 0 bridgehead atoms. The summed E-state index contributed by atoms with van der Waals surface area (Å²) >= 11 is 0. The second-order valence-electron chi connectivity index (χ2n) is 2.85. The van der Waals surface area contributed by atoms with Crippen molar-refractivity contribution < 1.29 is 9.15 Å². The average Bonchev–Trinajstić information content (AvgIpc) is 2.54. The fourth-order valence-corrected chi connectivity index (χ4v) is 1.24. The first-order valence-corrected chi connectivity index (χ1v) is 4.11. The van der Waals surface area contributed by atoms with Gasteiger partial charge < -0.3 is 14.1 Å². The van der Waals surface area contributed by atoms with Crippen molar-refractivity contribution in [2.24, 2.45) is 0 Å². The van der Waals surface area contributed by atoms with Gasteiger partial charge in [-0.05, 0) is 6.92 Å². The Balaban J connectivity index is 2.08. The Labute approximate surface area is 71.1 Å². The van der Waals surface area contributed by atoms with E-state index in [9.17, 15) is 0 Å². The lowest BCUT2D eigenvalue weighted by atomic mass is 10.5. The number of nitrogens with zero attached hydrogens (tertiary/aromatic N) is 2. The van der Waals surface area contributed by atoms with Crippen LogP contribution in [-0.4, -0.2) is 31.3 Å². The minimum Gasteiger partial charge on any atom is -0.429 e. The third-order valence-electron chi connectivity index (χ3n) is 1.89. The third kappa shape index (κ3) is 1.43. The highest BCUT2D eigenvalue weighted by Gasteiger charge is 2.14. The number of hydrogen-bond donors (Lipinski definition) is 0. The molecule has 2 rings (SSSR count). The maximum atomic E-state index is 5.38. The van der Waals surface area contributed by atoms with Crippen LogP contribution in [0, 0.1) is 6.92 Å². The number of morpholine rings is 1. The minimum atomic E-state index is 0.718. The van der Waals surface area contributed by atoms with Gasteiger partial charge >= 0.3 is 0 Å². The van der Waals surface area contributed by atoms with Crippen LogP contribution in [-0.2, 0) is 4.74 Å². The van der Waals surface area contributed by atoms with E-state index in [1.54, 1.807) is 6.20 Å². The third-order valence-corrected chi connectivity index (χ3v) is 1.89. The molecule has 0 radical (unpaired) electrons. The summed E-state index contributed by atoms with van der Waals surface area (Å²) < 4.78 is 10.6. The van der Waals surface area contributed by atoms with E-state index >= 15 is 0 Å². The maximum Gasteiger partial charge on any atom is 0.297 e. The summed E-state index contributed by atoms with van der Waals surface area (Å²) in [5.74, 6) is 0.858. The highest BCUT2D eigenvalue weighted by atomic mass is 16.5. The van der Waals surface area contributed by atoms with Gasteiger partial charge in [-0.2, -0.15) is 0 Å². The van der Waals surface area contributed by atoms with E-state index in [1.165, 1.54) is 0 Å². The molecule has 12 heavy (non-hydrogen) atoms. The molecule has 0 N–H and O–H groups in total. The van der Waals surface area contributed by atoms with Gasteiger partial charge in [-0.25, -0.2) is 4.98 Å². The van der Waals surface area contributed by atoms with Crippen LogP contribution in [0.3, 0.4) is 0 Å². The van der Waals surface area contributed by atoms with Crippen LogP contribution >= 0.6 is 0 Å².